The summed E-state index contributed by atoms with van der Waals surface area (Å²) in [5.41, 5.74) is 0. The van der Waals surface area contributed by atoms with Crippen LogP contribution >= 0.6 is 69.6 Å². The number of unbranched alkanes of at least 4 members (excludes halogenated alkanes) is 24. The molecule has 1 heterocycles. The third-order valence-corrected chi connectivity index (χ3v) is 13.0. The number of halogens is 6. The molecule has 0 bridgehead atoms. The van der Waals surface area contributed by atoms with Gasteiger partial charge in [-0.15, -0.1) is 0 Å². The Morgan fingerprint density at radius 3 is 1.18 bits per heavy atom. The molecule has 0 radical (unpaired) electrons. The molecule has 0 saturated carbocycles. The fourth-order valence-electron chi connectivity index (χ4n) is 7.19. The second-order valence-corrected chi connectivity index (χ2v) is 24.1. The Bertz CT molecular complexity index is 1470. The molecule has 22 heteroatoms. The fraction of sp³-hybridized carbons (Fsp3) is 0.953. The lowest BCUT2D eigenvalue weighted by molar-refractivity contribution is -0.291. The Morgan fingerprint density at radius 2 is 0.831 bits per heavy atom. The third kappa shape index (κ3) is 34.3. The first-order chi connectivity index (χ1) is 30.7. The SMILES string of the molecule is CCCCCCCCCCCCCCCC(=O)OC[C@H]1O[C@H](OC)[C@H](OC(=O)CCCCCCCCCCCCCCC)[C@@H](OS(=O)(=O)OCC(Cl)(Cl)Cl)[C@H]1OS(=O)(=O)OCC(Cl)(Cl)Cl. The second-order valence-electron chi connectivity index (χ2n) is 16.6. The van der Waals surface area contributed by atoms with Gasteiger partial charge in [-0.2, -0.15) is 16.8 Å². The van der Waals surface area contributed by atoms with Crippen LogP contribution in [-0.2, 0) is 66.1 Å². The van der Waals surface area contributed by atoms with E-state index in [-0.39, 0.29) is 12.8 Å². The number of ether oxygens (including phenoxy) is 4. The van der Waals surface area contributed by atoms with Gasteiger partial charge < -0.3 is 18.9 Å². The van der Waals surface area contributed by atoms with Crippen molar-refractivity contribution in [3.8, 4) is 0 Å². The van der Waals surface area contributed by atoms with Gasteiger partial charge >= 0.3 is 32.7 Å². The van der Waals surface area contributed by atoms with Gasteiger partial charge in [0.15, 0.2) is 18.5 Å². The number of carbonyl (C=O) groups excluding carboxylic acids is 2. The minimum atomic E-state index is -5.21. The summed E-state index contributed by atoms with van der Waals surface area (Å²) < 4.78 is 90.9. The number of esters is 2. The first-order valence-electron chi connectivity index (χ1n) is 23.5. The van der Waals surface area contributed by atoms with Crippen molar-refractivity contribution in [2.45, 2.75) is 232 Å². The lowest BCUT2D eigenvalue weighted by Crippen LogP contribution is -2.63. The largest absolute Gasteiger partial charge is 0.463 e. The molecule has 0 unspecified atom stereocenters. The Morgan fingerprint density at radius 1 is 0.492 bits per heavy atom. The molecule has 1 saturated heterocycles. The summed E-state index contributed by atoms with van der Waals surface area (Å²) >= 11 is 34.2. The van der Waals surface area contributed by atoms with Gasteiger partial charge in [0.2, 0.25) is 7.59 Å². The standard InChI is InChI=1S/C43H76Cl6O14S2/c1-4-6-8-10-12-14-16-18-20-22-24-26-28-30-36(50)57-32-35-38(62-64(52,53)58-33-42(44,45)46)39(63-65(54,55)59-34-43(47,48)49)40(41(56-3)60-35)61-37(51)31-29-27-25-23-21-19-17-15-13-11-9-7-5-2/h35,38-41H,4-34H2,1-3H3/t35-,38+,39+,40-,41+/m1/s1. The second kappa shape index (κ2) is 36.3. The first kappa shape index (κ1) is 63.4. The monoisotopic (exact) mass is 1090 g/mol. The van der Waals surface area contributed by atoms with Crippen molar-refractivity contribution >= 4 is 102 Å². The quantitative estimate of drug-likeness (QED) is 0.0322. The number of alkyl halides is 6. The van der Waals surface area contributed by atoms with Crippen LogP contribution in [0.3, 0.4) is 0 Å². The van der Waals surface area contributed by atoms with Crippen LogP contribution in [-0.4, -0.2) is 94.0 Å². The number of methoxy groups -OCH3 is 1. The lowest BCUT2D eigenvalue weighted by Gasteiger charge is -2.43. The molecule has 0 aliphatic carbocycles. The summed E-state index contributed by atoms with van der Waals surface area (Å²) in [6.07, 6.45) is 19.2. The zero-order chi connectivity index (χ0) is 48.6. The summed E-state index contributed by atoms with van der Waals surface area (Å²) in [7, 11) is -9.25. The maximum absolute atomic E-state index is 13.3. The molecule has 1 aliphatic rings. The Hall–Kier alpha value is 0.340. The summed E-state index contributed by atoms with van der Waals surface area (Å²) in [6.45, 7) is 1.66. The van der Waals surface area contributed by atoms with E-state index in [1.54, 1.807) is 0 Å². The van der Waals surface area contributed by atoms with Crippen LogP contribution in [0.1, 0.15) is 194 Å². The van der Waals surface area contributed by atoms with E-state index < -0.39 is 90.8 Å². The molecule has 5 atom stereocenters. The molecule has 14 nitrogen and oxygen atoms in total. The highest BCUT2D eigenvalue weighted by Crippen LogP contribution is 2.34. The number of carbonyl (C=O) groups is 2. The molecule has 386 valence electrons. The number of hydrogen-bond acceptors (Lipinski definition) is 14. The van der Waals surface area contributed by atoms with Gasteiger partial charge in [0.05, 0.1) is 0 Å². The summed E-state index contributed by atoms with van der Waals surface area (Å²) in [5.74, 6) is -1.46. The van der Waals surface area contributed by atoms with E-state index in [1.807, 2.05) is 0 Å². The molecule has 1 rings (SSSR count). The van der Waals surface area contributed by atoms with Crippen molar-refractivity contribution in [1.82, 2.24) is 0 Å². The topological polar surface area (TPSA) is 176 Å². The minimum Gasteiger partial charge on any atom is -0.463 e. The summed E-state index contributed by atoms with van der Waals surface area (Å²) in [4.78, 5) is 26.2. The Labute approximate surface area is 420 Å². The van der Waals surface area contributed by atoms with Crippen molar-refractivity contribution in [2.75, 3.05) is 26.9 Å². The molecule has 1 fully saturated rings. The predicted octanol–water partition coefficient (Wildman–Crippen LogP) is 12.8. The highest BCUT2D eigenvalue weighted by molar-refractivity contribution is 7.82. The zero-order valence-corrected chi connectivity index (χ0v) is 44.8. The molecule has 65 heavy (non-hydrogen) atoms. The van der Waals surface area contributed by atoms with Crippen molar-refractivity contribution < 1.29 is 62.1 Å². The molecule has 0 amide bonds. The maximum Gasteiger partial charge on any atom is 0.400 e. The van der Waals surface area contributed by atoms with Crippen LogP contribution in [0.4, 0.5) is 0 Å². The number of rotatable bonds is 40. The van der Waals surface area contributed by atoms with E-state index in [1.165, 1.54) is 96.3 Å². The van der Waals surface area contributed by atoms with E-state index in [0.29, 0.717) is 12.8 Å². The summed E-state index contributed by atoms with van der Waals surface area (Å²) in [6, 6.07) is 0. The molecule has 0 aromatic carbocycles. The Kier molecular flexibility index (Phi) is 35.4. The van der Waals surface area contributed by atoms with Crippen molar-refractivity contribution in [3.63, 3.8) is 0 Å². The number of hydrogen-bond donors (Lipinski definition) is 0. The van der Waals surface area contributed by atoms with Crippen LogP contribution in [0.25, 0.3) is 0 Å². The van der Waals surface area contributed by atoms with Crippen LogP contribution in [0.15, 0.2) is 0 Å². The van der Waals surface area contributed by atoms with E-state index in [2.05, 4.69) is 13.8 Å². The predicted molar refractivity (Wildman–Crippen MR) is 257 cm³/mol. The fourth-order valence-corrected chi connectivity index (χ4v) is 9.66. The average molecular weight is 1090 g/mol. The third-order valence-electron chi connectivity index (χ3n) is 10.7. The molecule has 0 aromatic rings. The van der Waals surface area contributed by atoms with Crippen LogP contribution < -0.4 is 0 Å². The molecular weight excluding hydrogens is 1020 g/mol. The molecule has 0 aromatic heterocycles. The van der Waals surface area contributed by atoms with E-state index in [4.69, 9.17) is 105 Å². The van der Waals surface area contributed by atoms with Crippen LogP contribution in [0, 0.1) is 0 Å². The van der Waals surface area contributed by atoms with Gasteiger partial charge in [0, 0.05) is 20.0 Å². The molecule has 0 N–H and O–H groups in total. The van der Waals surface area contributed by atoms with Gasteiger partial charge in [-0.3, -0.25) is 9.59 Å². The van der Waals surface area contributed by atoms with Crippen molar-refractivity contribution in [1.29, 1.82) is 0 Å². The Balaban J connectivity index is 3.05. The maximum atomic E-state index is 13.3. The van der Waals surface area contributed by atoms with Crippen molar-refractivity contribution in [3.05, 3.63) is 0 Å². The highest BCUT2D eigenvalue weighted by Gasteiger charge is 2.54. The van der Waals surface area contributed by atoms with Crippen molar-refractivity contribution in [2.24, 2.45) is 0 Å². The molecular formula is C43H76Cl6O14S2. The van der Waals surface area contributed by atoms with E-state index in [0.717, 1.165) is 64.9 Å². The van der Waals surface area contributed by atoms with Gasteiger partial charge in [-0.1, -0.05) is 238 Å². The minimum absolute atomic E-state index is 0.0347. The van der Waals surface area contributed by atoms with Crippen LogP contribution in [0.5, 0.6) is 0 Å². The van der Waals surface area contributed by atoms with Gasteiger partial charge in [0.25, 0.3) is 0 Å². The van der Waals surface area contributed by atoms with Gasteiger partial charge in [-0.25, -0.2) is 16.7 Å². The van der Waals surface area contributed by atoms with Gasteiger partial charge in [-0.05, 0) is 12.8 Å². The summed E-state index contributed by atoms with van der Waals surface area (Å²) in [5, 5.41) is 0. The first-order valence-corrected chi connectivity index (χ1v) is 28.5. The van der Waals surface area contributed by atoms with E-state index >= 15 is 0 Å². The normalized spacial score (nSPS) is 19.7. The molecule has 1 aliphatic heterocycles. The highest BCUT2D eigenvalue weighted by atomic mass is 35.6. The zero-order valence-electron chi connectivity index (χ0n) is 38.6. The average Bonchev–Trinajstić information content (AvgIpc) is 3.23. The van der Waals surface area contributed by atoms with Gasteiger partial charge in [0.1, 0.15) is 32.0 Å². The lowest BCUT2D eigenvalue weighted by atomic mass is 9.99. The van der Waals surface area contributed by atoms with Crippen LogP contribution in [0.2, 0.25) is 0 Å². The van der Waals surface area contributed by atoms with E-state index in [9.17, 15) is 26.4 Å². The smallest absolute Gasteiger partial charge is 0.400 e. The molecule has 0 spiro atoms.